The summed E-state index contributed by atoms with van der Waals surface area (Å²) in [5, 5.41) is 3.21. The van der Waals surface area contributed by atoms with Crippen LogP contribution in [0, 0.1) is 0 Å². The number of nitrogens with two attached hydrogens (primary N) is 1. The van der Waals surface area contributed by atoms with Gasteiger partial charge in [0.2, 0.25) is 0 Å². The molecule has 0 aliphatic heterocycles. The molecule has 1 aromatic rings. The fourth-order valence-electron chi connectivity index (χ4n) is 1.71. The van der Waals surface area contributed by atoms with Crippen LogP contribution >= 0.6 is 0 Å². The molecule has 1 atom stereocenters. The number of benzene rings is 1. The molecule has 0 radical (unpaired) electrons. The summed E-state index contributed by atoms with van der Waals surface area (Å²) in [6.45, 7) is 2.74. The maximum atomic E-state index is 10.4. The highest BCUT2D eigenvalue weighted by Gasteiger charge is 2.11. The molecule has 0 spiro atoms. The van der Waals surface area contributed by atoms with Crippen LogP contribution < -0.4 is 20.5 Å². The number of amides is 1. The fraction of sp³-hybridized carbons (Fsp3) is 0.462. The number of rotatable bonds is 7. The average Bonchev–Trinajstić information content (AvgIpc) is 2.42. The molecule has 0 aliphatic rings. The number of primary amides is 1. The highest BCUT2D eigenvalue weighted by atomic mass is 16.5. The smallest absolute Gasteiger partial charge is 0.404 e. The van der Waals surface area contributed by atoms with E-state index < -0.39 is 6.09 Å². The first-order valence-corrected chi connectivity index (χ1v) is 5.96. The minimum absolute atomic E-state index is 0.0531. The Hall–Kier alpha value is -1.95. The highest BCUT2D eigenvalue weighted by molar-refractivity contribution is 5.64. The average molecular weight is 268 g/mol. The van der Waals surface area contributed by atoms with Crippen molar-refractivity contribution >= 4 is 6.09 Å². The van der Waals surface area contributed by atoms with Crippen molar-refractivity contribution in [3.63, 3.8) is 0 Å². The van der Waals surface area contributed by atoms with Crippen LogP contribution in [0.15, 0.2) is 18.2 Å². The number of carbonyl (C=O) groups is 1. The van der Waals surface area contributed by atoms with Crippen molar-refractivity contribution in [1.82, 2.24) is 5.32 Å². The molecule has 106 valence electrons. The Balaban J connectivity index is 2.60. The molecule has 1 amide bonds. The van der Waals surface area contributed by atoms with E-state index in [9.17, 15) is 4.79 Å². The van der Waals surface area contributed by atoms with Crippen LogP contribution in [0.3, 0.4) is 0 Å². The zero-order valence-corrected chi connectivity index (χ0v) is 11.4. The minimum atomic E-state index is -0.767. The molecule has 1 rings (SSSR count). The van der Waals surface area contributed by atoms with Crippen LogP contribution in [0.25, 0.3) is 0 Å². The van der Waals surface area contributed by atoms with Gasteiger partial charge < -0.3 is 25.3 Å². The lowest BCUT2D eigenvalue weighted by molar-refractivity contribution is 0.156. The third kappa shape index (κ3) is 4.67. The summed E-state index contributed by atoms with van der Waals surface area (Å²) in [6.07, 6.45) is -0.767. The molecular weight excluding hydrogens is 248 g/mol. The number of methoxy groups -OCH3 is 2. The van der Waals surface area contributed by atoms with Gasteiger partial charge in [-0.15, -0.1) is 0 Å². The zero-order chi connectivity index (χ0) is 14.3. The number of hydrogen-bond donors (Lipinski definition) is 2. The summed E-state index contributed by atoms with van der Waals surface area (Å²) in [6, 6.07) is 5.69. The molecule has 1 unspecified atom stereocenters. The van der Waals surface area contributed by atoms with Crippen molar-refractivity contribution < 1.29 is 19.0 Å². The Kier molecular flexibility index (Phi) is 5.95. The van der Waals surface area contributed by atoms with Gasteiger partial charge in [0.1, 0.15) is 18.1 Å². The third-order valence-corrected chi connectivity index (χ3v) is 2.70. The summed E-state index contributed by atoms with van der Waals surface area (Å²) in [4.78, 5) is 10.4. The number of hydrogen-bond acceptors (Lipinski definition) is 5. The van der Waals surface area contributed by atoms with E-state index in [1.54, 1.807) is 14.2 Å². The minimum Gasteiger partial charge on any atom is -0.497 e. The van der Waals surface area contributed by atoms with E-state index in [4.69, 9.17) is 15.2 Å². The normalized spacial score (nSPS) is 11.7. The van der Waals surface area contributed by atoms with Gasteiger partial charge in [0, 0.05) is 24.2 Å². The Morgan fingerprint density at radius 3 is 2.68 bits per heavy atom. The molecule has 0 heterocycles. The van der Waals surface area contributed by atoms with E-state index in [0.717, 1.165) is 17.1 Å². The van der Waals surface area contributed by atoms with Crippen molar-refractivity contribution in [2.45, 2.75) is 13.0 Å². The van der Waals surface area contributed by atoms with Gasteiger partial charge in [-0.1, -0.05) is 6.07 Å². The summed E-state index contributed by atoms with van der Waals surface area (Å²) < 4.78 is 15.1. The van der Waals surface area contributed by atoms with Gasteiger partial charge in [-0.2, -0.15) is 0 Å². The molecule has 1 aromatic carbocycles. The van der Waals surface area contributed by atoms with Crippen LogP contribution in [0.1, 0.15) is 18.5 Å². The Bertz CT molecular complexity index is 423. The van der Waals surface area contributed by atoms with Crippen molar-refractivity contribution in [3.8, 4) is 11.5 Å². The van der Waals surface area contributed by atoms with E-state index in [-0.39, 0.29) is 12.6 Å². The zero-order valence-electron chi connectivity index (χ0n) is 11.4. The summed E-state index contributed by atoms with van der Waals surface area (Å²) >= 11 is 0. The largest absolute Gasteiger partial charge is 0.497 e. The SMILES string of the molecule is COc1ccc(C(C)NCCOC(N)=O)c(OC)c1. The van der Waals surface area contributed by atoms with Crippen LogP contribution in [0.4, 0.5) is 4.79 Å². The molecule has 6 nitrogen and oxygen atoms in total. The van der Waals surface area contributed by atoms with Crippen molar-refractivity contribution in [2.75, 3.05) is 27.4 Å². The first-order chi connectivity index (χ1) is 9.08. The lowest BCUT2D eigenvalue weighted by Crippen LogP contribution is -2.26. The second-order valence-corrected chi connectivity index (χ2v) is 3.95. The molecular formula is C13H20N2O4. The van der Waals surface area contributed by atoms with Gasteiger partial charge in [0.15, 0.2) is 0 Å². The van der Waals surface area contributed by atoms with E-state index in [2.05, 4.69) is 10.1 Å². The molecule has 6 heteroatoms. The van der Waals surface area contributed by atoms with Crippen LogP contribution in [-0.4, -0.2) is 33.5 Å². The van der Waals surface area contributed by atoms with Crippen molar-refractivity contribution in [2.24, 2.45) is 5.73 Å². The standard InChI is InChI=1S/C13H20N2O4/c1-9(15-6-7-19-13(14)16)11-5-4-10(17-2)8-12(11)18-3/h4-5,8-9,15H,6-7H2,1-3H3,(H2,14,16). The van der Waals surface area contributed by atoms with E-state index in [1.807, 2.05) is 25.1 Å². The number of carbonyl (C=O) groups excluding carboxylic acids is 1. The van der Waals surface area contributed by atoms with E-state index in [1.165, 1.54) is 0 Å². The van der Waals surface area contributed by atoms with Crippen LogP contribution in [0.5, 0.6) is 11.5 Å². The molecule has 19 heavy (non-hydrogen) atoms. The Morgan fingerprint density at radius 1 is 1.37 bits per heavy atom. The quantitative estimate of drug-likeness (QED) is 0.731. The fourth-order valence-corrected chi connectivity index (χ4v) is 1.71. The second-order valence-electron chi connectivity index (χ2n) is 3.95. The predicted octanol–water partition coefficient (Wildman–Crippen LogP) is 1.45. The first kappa shape index (κ1) is 15.1. The molecule has 0 saturated heterocycles. The molecule has 3 N–H and O–H groups in total. The topological polar surface area (TPSA) is 82.8 Å². The van der Waals surface area contributed by atoms with Gasteiger partial charge in [-0.05, 0) is 13.0 Å². The summed E-state index contributed by atoms with van der Waals surface area (Å²) in [5.74, 6) is 1.49. The van der Waals surface area contributed by atoms with E-state index >= 15 is 0 Å². The lowest BCUT2D eigenvalue weighted by Gasteiger charge is -2.17. The van der Waals surface area contributed by atoms with Gasteiger partial charge in [-0.3, -0.25) is 0 Å². The number of ether oxygens (including phenoxy) is 3. The highest BCUT2D eigenvalue weighted by Crippen LogP contribution is 2.29. The first-order valence-electron chi connectivity index (χ1n) is 5.96. The van der Waals surface area contributed by atoms with Crippen LogP contribution in [-0.2, 0) is 4.74 Å². The van der Waals surface area contributed by atoms with Gasteiger partial charge in [0.25, 0.3) is 0 Å². The number of nitrogens with one attached hydrogen (secondary N) is 1. The summed E-state index contributed by atoms with van der Waals surface area (Å²) in [7, 11) is 3.22. The maximum absolute atomic E-state index is 10.4. The maximum Gasteiger partial charge on any atom is 0.404 e. The monoisotopic (exact) mass is 268 g/mol. The second kappa shape index (κ2) is 7.48. The summed E-state index contributed by atoms with van der Waals surface area (Å²) in [5.41, 5.74) is 5.88. The van der Waals surface area contributed by atoms with Crippen molar-refractivity contribution in [1.29, 1.82) is 0 Å². The van der Waals surface area contributed by atoms with Gasteiger partial charge >= 0.3 is 6.09 Å². The van der Waals surface area contributed by atoms with E-state index in [0.29, 0.717) is 6.54 Å². The Morgan fingerprint density at radius 2 is 2.11 bits per heavy atom. The van der Waals surface area contributed by atoms with Gasteiger partial charge in [0.05, 0.1) is 14.2 Å². The molecule has 0 fully saturated rings. The molecule has 0 bridgehead atoms. The predicted molar refractivity (Wildman–Crippen MR) is 71.5 cm³/mol. The third-order valence-electron chi connectivity index (χ3n) is 2.70. The molecule has 0 aromatic heterocycles. The van der Waals surface area contributed by atoms with Crippen LogP contribution in [0.2, 0.25) is 0 Å². The Labute approximate surface area is 112 Å². The van der Waals surface area contributed by atoms with Crippen molar-refractivity contribution in [3.05, 3.63) is 23.8 Å². The molecule has 0 saturated carbocycles. The van der Waals surface area contributed by atoms with Gasteiger partial charge in [-0.25, -0.2) is 4.79 Å². The lowest BCUT2D eigenvalue weighted by atomic mass is 10.1. The molecule has 0 aliphatic carbocycles.